The van der Waals surface area contributed by atoms with E-state index in [2.05, 4.69) is 19.2 Å². The number of benzene rings is 3. The molecule has 5 heteroatoms. The molecule has 0 aromatic heterocycles. The van der Waals surface area contributed by atoms with Gasteiger partial charge in [0, 0.05) is 34.7 Å². The number of hydrogen-bond acceptors (Lipinski definition) is 3. The Bertz CT molecular complexity index is 1080. The van der Waals surface area contributed by atoms with E-state index in [9.17, 15) is 4.79 Å². The highest BCUT2D eigenvalue weighted by Crippen LogP contribution is 2.41. The minimum atomic E-state index is -0.719. The maximum atomic E-state index is 13.7. The minimum Gasteiger partial charge on any atom is -0.490 e. The highest BCUT2D eigenvalue weighted by Gasteiger charge is 2.43. The highest BCUT2D eigenvalue weighted by atomic mass is 35.5. The van der Waals surface area contributed by atoms with Crippen LogP contribution in [0.1, 0.15) is 38.7 Å². The van der Waals surface area contributed by atoms with E-state index < -0.39 is 5.41 Å². The SMILES string of the molecule is CC[C@H](C)Oc1ccc(NC(=O)C2(c3ccccc3Cl)CCOCC2)c2ccccc12. The maximum absolute atomic E-state index is 13.7. The molecule has 162 valence electrons. The number of halogens is 1. The lowest BCUT2D eigenvalue weighted by molar-refractivity contribution is -0.125. The van der Waals surface area contributed by atoms with Gasteiger partial charge >= 0.3 is 0 Å². The molecule has 1 saturated heterocycles. The quantitative estimate of drug-likeness (QED) is 0.488. The highest BCUT2D eigenvalue weighted by molar-refractivity contribution is 6.32. The topological polar surface area (TPSA) is 47.6 Å². The third kappa shape index (κ3) is 4.28. The predicted octanol–water partition coefficient (Wildman–Crippen LogP) is 6.36. The van der Waals surface area contributed by atoms with Crippen LogP contribution < -0.4 is 10.1 Å². The number of carbonyl (C=O) groups excluding carboxylic acids is 1. The van der Waals surface area contributed by atoms with Crippen LogP contribution in [0.3, 0.4) is 0 Å². The molecule has 0 radical (unpaired) electrons. The van der Waals surface area contributed by atoms with E-state index in [1.54, 1.807) is 0 Å². The molecule has 4 rings (SSSR count). The normalized spacial score (nSPS) is 16.6. The van der Waals surface area contributed by atoms with Crippen molar-refractivity contribution in [3.8, 4) is 5.75 Å². The molecule has 0 aliphatic carbocycles. The third-order valence-electron chi connectivity index (χ3n) is 6.21. The number of nitrogens with one attached hydrogen (secondary N) is 1. The Labute approximate surface area is 188 Å². The summed E-state index contributed by atoms with van der Waals surface area (Å²) in [6.45, 7) is 5.22. The van der Waals surface area contributed by atoms with Gasteiger partial charge in [0.1, 0.15) is 5.75 Å². The number of fused-ring (bicyclic) bond motifs is 1. The number of hydrogen-bond donors (Lipinski definition) is 1. The smallest absolute Gasteiger partial charge is 0.235 e. The van der Waals surface area contributed by atoms with Crippen molar-refractivity contribution in [1.82, 2.24) is 0 Å². The Hall–Kier alpha value is -2.56. The first-order valence-electron chi connectivity index (χ1n) is 10.9. The van der Waals surface area contributed by atoms with Crippen molar-refractivity contribution in [1.29, 1.82) is 0 Å². The molecule has 31 heavy (non-hydrogen) atoms. The van der Waals surface area contributed by atoms with Gasteiger partial charge in [-0.05, 0) is 49.9 Å². The Morgan fingerprint density at radius 2 is 1.74 bits per heavy atom. The number of rotatable bonds is 6. The van der Waals surface area contributed by atoms with Gasteiger partial charge in [-0.3, -0.25) is 4.79 Å². The van der Waals surface area contributed by atoms with Gasteiger partial charge in [-0.25, -0.2) is 0 Å². The van der Waals surface area contributed by atoms with Crippen LogP contribution in [0.15, 0.2) is 60.7 Å². The van der Waals surface area contributed by atoms with Gasteiger partial charge in [0.2, 0.25) is 5.91 Å². The Morgan fingerprint density at radius 3 is 2.45 bits per heavy atom. The molecule has 1 aliphatic heterocycles. The van der Waals surface area contributed by atoms with Crippen LogP contribution in [-0.4, -0.2) is 25.2 Å². The summed E-state index contributed by atoms with van der Waals surface area (Å²) in [7, 11) is 0. The molecular formula is C26H28ClNO3. The first kappa shape index (κ1) is 21.7. The lowest BCUT2D eigenvalue weighted by Gasteiger charge is -2.37. The van der Waals surface area contributed by atoms with Crippen molar-refractivity contribution < 1.29 is 14.3 Å². The van der Waals surface area contributed by atoms with Crippen molar-refractivity contribution in [2.24, 2.45) is 0 Å². The Kier molecular flexibility index (Phi) is 6.49. The van der Waals surface area contributed by atoms with Gasteiger partial charge in [0.05, 0.1) is 11.5 Å². The molecule has 3 aromatic carbocycles. The van der Waals surface area contributed by atoms with Crippen molar-refractivity contribution in [3.63, 3.8) is 0 Å². The van der Waals surface area contributed by atoms with Crippen LogP contribution in [0.5, 0.6) is 5.75 Å². The number of ether oxygens (including phenoxy) is 2. The molecule has 3 aromatic rings. The molecule has 1 amide bonds. The van der Waals surface area contributed by atoms with Gasteiger partial charge in [0.25, 0.3) is 0 Å². The van der Waals surface area contributed by atoms with E-state index in [1.807, 2.05) is 60.7 Å². The fourth-order valence-electron chi connectivity index (χ4n) is 4.21. The summed E-state index contributed by atoms with van der Waals surface area (Å²) < 4.78 is 11.7. The number of anilines is 1. The Morgan fingerprint density at radius 1 is 1.06 bits per heavy atom. The summed E-state index contributed by atoms with van der Waals surface area (Å²) in [5.74, 6) is 0.777. The molecule has 1 N–H and O–H groups in total. The molecule has 1 atom stereocenters. The summed E-state index contributed by atoms with van der Waals surface area (Å²) in [5.41, 5.74) is 0.914. The average Bonchev–Trinajstić information content (AvgIpc) is 2.81. The van der Waals surface area contributed by atoms with E-state index in [0.29, 0.717) is 31.1 Å². The zero-order chi connectivity index (χ0) is 21.8. The summed E-state index contributed by atoms with van der Waals surface area (Å²) in [6, 6.07) is 19.5. The van der Waals surface area contributed by atoms with Crippen LogP contribution in [0, 0.1) is 0 Å². The van der Waals surface area contributed by atoms with Gasteiger partial charge in [0.15, 0.2) is 0 Å². The standard InChI is InChI=1S/C26H28ClNO3/c1-3-18(2)31-24-13-12-23(19-8-4-5-9-20(19)24)28-25(29)26(14-16-30-17-15-26)21-10-6-7-11-22(21)27/h4-13,18H,3,14-17H2,1-2H3,(H,28,29)/t18-/m0/s1. The van der Waals surface area contributed by atoms with Crippen molar-refractivity contribution in [2.45, 2.75) is 44.6 Å². The van der Waals surface area contributed by atoms with Crippen LogP contribution in [0.2, 0.25) is 5.02 Å². The second-order valence-electron chi connectivity index (χ2n) is 8.12. The van der Waals surface area contributed by atoms with E-state index in [4.69, 9.17) is 21.1 Å². The largest absolute Gasteiger partial charge is 0.490 e. The van der Waals surface area contributed by atoms with Crippen LogP contribution in [-0.2, 0) is 14.9 Å². The maximum Gasteiger partial charge on any atom is 0.235 e. The summed E-state index contributed by atoms with van der Waals surface area (Å²) in [5, 5.41) is 5.76. The molecule has 1 fully saturated rings. The second-order valence-corrected chi connectivity index (χ2v) is 8.53. The predicted molar refractivity (Wildman–Crippen MR) is 126 cm³/mol. The van der Waals surface area contributed by atoms with E-state index in [1.165, 1.54) is 0 Å². The van der Waals surface area contributed by atoms with Gasteiger partial charge < -0.3 is 14.8 Å². The van der Waals surface area contributed by atoms with Crippen LogP contribution in [0.4, 0.5) is 5.69 Å². The lowest BCUT2D eigenvalue weighted by Crippen LogP contribution is -2.45. The molecule has 1 heterocycles. The van der Waals surface area contributed by atoms with E-state index in [0.717, 1.165) is 34.2 Å². The molecule has 4 nitrogen and oxygen atoms in total. The third-order valence-corrected chi connectivity index (χ3v) is 6.54. The minimum absolute atomic E-state index is 0.0513. The first-order chi connectivity index (χ1) is 15.0. The zero-order valence-electron chi connectivity index (χ0n) is 18.0. The number of carbonyl (C=O) groups is 1. The molecular weight excluding hydrogens is 410 g/mol. The monoisotopic (exact) mass is 437 g/mol. The molecule has 0 unspecified atom stereocenters. The van der Waals surface area contributed by atoms with Gasteiger partial charge in [-0.1, -0.05) is 61.0 Å². The second kappa shape index (κ2) is 9.29. The van der Waals surface area contributed by atoms with Crippen molar-refractivity contribution in [2.75, 3.05) is 18.5 Å². The Balaban J connectivity index is 1.72. The fraction of sp³-hybridized carbons (Fsp3) is 0.346. The van der Waals surface area contributed by atoms with Crippen molar-refractivity contribution in [3.05, 3.63) is 71.2 Å². The molecule has 1 aliphatic rings. The summed E-state index contributed by atoms with van der Waals surface area (Å²) >= 11 is 6.53. The number of amides is 1. The molecule has 0 bridgehead atoms. The molecule has 0 saturated carbocycles. The zero-order valence-corrected chi connectivity index (χ0v) is 18.7. The van der Waals surface area contributed by atoms with E-state index >= 15 is 0 Å². The van der Waals surface area contributed by atoms with Gasteiger partial charge in [-0.2, -0.15) is 0 Å². The average molecular weight is 438 g/mol. The van der Waals surface area contributed by atoms with E-state index in [-0.39, 0.29) is 12.0 Å². The van der Waals surface area contributed by atoms with Crippen LogP contribution >= 0.6 is 11.6 Å². The van der Waals surface area contributed by atoms with Crippen molar-refractivity contribution >= 4 is 34.0 Å². The fourth-order valence-corrected chi connectivity index (χ4v) is 4.53. The molecule has 0 spiro atoms. The summed E-state index contributed by atoms with van der Waals surface area (Å²) in [6.07, 6.45) is 2.23. The summed E-state index contributed by atoms with van der Waals surface area (Å²) in [4.78, 5) is 13.7. The first-order valence-corrected chi connectivity index (χ1v) is 11.3. The van der Waals surface area contributed by atoms with Gasteiger partial charge in [-0.15, -0.1) is 0 Å². The van der Waals surface area contributed by atoms with Crippen LogP contribution in [0.25, 0.3) is 10.8 Å². The lowest BCUT2D eigenvalue weighted by atomic mass is 9.73.